The van der Waals surface area contributed by atoms with Gasteiger partial charge in [0.25, 0.3) is 0 Å². The highest BCUT2D eigenvalue weighted by molar-refractivity contribution is 5.93. The number of carbonyl (C=O) groups is 2. The van der Waals surface area contributed by atoms with Gasteiger partial charge in [0.15, 0.2) is 0 Å². The Morgan fingerprint density at radius 1 is 1.22 bits per heavy atom. The lowest BCUT2D eigenvalue weighted by molar-refractivity contribution is -0.138. The van der Waals surface area contributed by atoms with E-state index in [-0.39, 0.29) is 18.6 Å². The Balaban J connectivity index is 3.10. The summed E-state index contributed by atoms with van der Waals surface area (Å²) in [6.45, 7) is 11.1. The lowest BCUT2D eigenvalue weighted by Gasteiger charge is -2.21. The molecule has 0 fully saturated rings. The molecule has 0 saturated heterocycles. The molecule has 0 heterocycles. The summed E-state index contributed by atoms with van der Waals surface area (Å²) >= 11 is 0. The van der Waals surface area contributed by atoms with Crippen molar-refractivity contribution in [2.75, 3.05) is 13.7 Å². The quantitative estimate of drug-likeness (QED) is 0.594. The van der Waals surface area contributed by atoms with Gasteiger partial charge in [-0.05, 0) is 51.5 Å². The molecule has 5 heteroatoms. The zero-order valence-electron chi connectivity index (χ0n) is 14.4. The first-order chi connectivity index (χ1) is 10.7. The van der Waals surface area contributed by atoms with Crippen LogP contribution in [-0.2, 0) is 20.7 Å². The van der Waals surface area contributed by atoms with Crippen LogP contribution in [0.2, 0.25) is 0 Å². The van der Waals surface area contributed by atoms with Gasteiger partial charge in [0.05, 0.1) is 19.3 Å². The van der Waals surface area contributed by atoms with Gasteiger partial charge in [0.2, 0.25) is 0 Å². The van der Waals surface area contributed by atoms with Crippen LogP contribution in [0.5, 0.6) is 5.75 Å². The van der Waals surface area contributed by atoms with Crippen molar-refractivity contribution in [1.82, 2.24) is 0 Å². The van der Waals surface area contributed by atoms with E-state index in [2.05, 4.69) is 6.58 Å². The van der Waals surface area contributed by atoms with Gasteiger partial charge >= 0.3 is 11.9 Å². The highest BCUT2D eigenvalue weighted by Crippen LogP contribution is 2.23. The van der Waals surface area contributed by atoms with Crippen molar-refractivity contribution in [2.24, 2.45) is 0 Å². The normalized spacial score (nSPS) is 10.8. The standard InChI is InChI=1S/C18H24O5/c1-7-22-16(19)12(2)10-13-11-14(21-6)8-9-15(13)17(20)23-18(3,4)5/h8-9,11H,2,7,10H2,1,3-6H3. The van der Waals surface area contributed by atoms with E-state index in [9.17, 15) is 9.59 Å². The number of ether oxygens (including phenoxy) is 3. The number of hydrogen-bond acceptors (Lipinski definition) is 5. The molecule has 1 rings (SSSR count). The van der Waals surface area contributed by atoms with Gasteiger partial charge in [-0.15, -0.1) is 0 Å². The van der Waals surface area contributed by atoms with E-state index in [0.717, 1.165) is 0 Å². The Morgan fingerprint density at radius 3 is 2.39 bits per heavy atom. The molecule has 0 radical (unpaired) electrons. The van der Waals surface area contributed by atoms with Crippen molar-refractivity contribution in [3.8, 4) is 5.75 Å². The lowest BCUT2D eigenvalue weighted by atomic mass is 10.00. The Labute approximate surface area is 137 Å². The van der Waals surface area contributed by atoms with E-state index in [0.29, 0.717) is 16.9 Å². The first-order valence-corrected chi connectivity index (χ1v) is 7.43. The second-order valence-electron chi connectivity index (χ2n) is 6.03. The third kappa shape index (κ3) is 5.77. The first kappa shape index (κ1) is 18.7. The van der Waals surface area contributed by atoms with Gasteiger partial charge < -0.3 is 14.2 Å². The monoisotopic (exact) mass is 320 g/mol. The van der Waals surface area contributed by atoms with Crippen LogP contribution in [0.3, 0.4) is 0 Å². The average Bonchev–Trinajstić information content (AvgIpc) is 2.45. The van der Waals surface area contributed by atoms with Crippen molar-refractivity contribution in [3.05, 3.63) is 41.5 Å². The predicted molar refractivity (Wildman–Crippen MR) is 87.6 cm³/mol. The minimum atomic E-state index is -0.605. The molecule has 0 saturated carbocycles. The molecule has 23 heavy (non-hydrogen) atoms. The minimum absolute atomic E-state index is 0.185. The highest BCUT2D eigenvalue weighted by Gasteiger charge is 2.22. The fourth-order valence-electron chi connectivity index (χ4n) is 1.91. The molecule has 0 aliphatic heterocycles. The van der Waals surface area contributed by atoms with Gasteiger partial charge in [-0.25, -0.2) is 9.59 Å². The van der Waals surface area contributed by atoms with Crippen LogP contribution in [0.1, 0.15) is 43.6 Å². The molecule has 0 spiro atoms. The summed E-state index contributed by atoms with van der Waals surface area (Å²) in [5.41, 5.74) is 0.652. The molecule has 0 N–H and O–H groups in total. The van der Waals surface area contributed by atoms with Crippen LogP contribution in [0, 0.1) is 0 Å². The molecule has 0 bridgehead atoms. The van der Waals surface area contributed by atoms with Crippen LogP contribution in [0.15, 0.2) is 30.4 Å². The summed E-state index contributed by atoms with van der Waals surface area (Å²) in [4.78, 5) is 24.1. The summed E-state index contributed by atoms with van der Waals surface area (Å²) in [7, 11) is 1.53. The second kappa shape index (κ2) is 7.81. The zero-order chi connectivity index (χ0) is 17.6. The molecule has 1 aromatic rings. The SMILES string of the molecule is C=C(Cc1cc(OC)ccc1C(=O)OC(C)(C)C)C(=O)OCC. The molecule has 0 amide bonds. The summed E-state index contributed by atoms with van der Waals surface area (Å²) < 4.78 is 15.5. The number of benzene rings is 1. The van der Waals surface area contributed by atoms with Gasteiger partial charge in [0, 0.05) is 12.0 Å². The molecule has 126 valence electrons. The molecule has 0 aliphatic rings. The Morgan fingerprint density at radius 2 is 1.87 bits per heavy atom. The van der Waals surface area contributed by atoms with E-state index in [4.69, 9.17) is 14.2 Å². The van der Waals surface area contributed by atoms with Crippen LogP contribution >= 0.6 is 0 Å². The van der Waals surface area contributed by atoms with E-state index in [1.54, 1.807) is 45.9 Å². The summed E-state index contributed by atoms with van der Waals surface area (Å²) in [5.74, 6) is -0.346. The van der Waals surface area contributed by atoms with Crippen molar-refractivity contribution >= 4 is 11.9 Å². The summed E-state index contributed by atoms with van der Waals surface area (Å²) in [5, 5.41) is 0. The topological polar surface area (TPSA) is 61.8 Å². The highest BCUT2D eigenvalue weighted by atomic mass is 16.6. The predicted octanol–water partition coefficient (Wildman–Crippen LogP) is 3.31. The maximum atomic E-state index is 12.3. The van der Waals surface area contributed by atoms with E-state index < -0.39 is 17.5 Å². The third-order valence-corrected chi connectivity index (χ3v) is 2.90. The van der Waals surface area contributed by atoms with Crippen molar-refractivity contribution in [1.29, 1.82) is 0 Å². The molecule has 1 aromatic carbocycles. The summed E-state index contributed by atoms with van der Waals surface area (Å²) in [6, 6.07) is 5.00. The maximum Gasteiger partial charge on any atom is 0.338 e. The first-order valence-electron chi connectivity index (χ1n) is 7.43. The van der Waals surface area contributed by atoms with Crippen LogP contribution in [0.25, 0.3) is 0 Å². The fraction of sp³-hybridized carbons (Fsp3) is 0.444. The molecular weight excluding hydrogens is 296 g/mol. The number of carbonyl (C=O) groups excluding carboxylic acids is 2. The molecule has 0 unspecified atom stereocenters. The molecule has 0 aromatic heterocycles. The number of esters is 2. The fourth-order valence-corrected chi connectivity index (χ4v) is 1.91. The minimum Gasteiger partial charge on any atom is -0.497 e. The largest absolute Gasteiger partial charge is 0.497 e. The van der Waals surface area contributed by atoms with Crippen LogP contribution < -0.4 is 4.74 Å². The lowest BCUT2D eigenvalue weighted by Crippen LogP contribution is -2.24. The van der Waals surface area contributed by atoms with E-state index >= 15 is 0 Å². The van der Waals surface area contributed by atoms with E-state index in [1.807, 2.05) is 0 Å². The second-order valence-corrected chi connectivity index (χ2v) is 6.03. The van der Waals surface area contributed by atoms with E-state index in [1.165, 1.54) is 7.11 Å². The smallest absolute Gasteiger partial charge is 0.338 e. The van der Waals surface area contributed by atoms with Crippen LogP contribution in [-0.4, -0.2) is 31.3 Å². The maximum absolute atomic E-state index is 12.3. The third-order valence-electron chi connectivity index (χ3n) is 2.90. The summed E-state index contributed by atoms with van der Waals surface area (Å²) in [6.07, 6.45) is 0.185. The zero-order valence-corrected chi connectivity index (χ0v) is 14.4. The van der Waals surface area contributed by atoms with Gasteiger partial charge in [0.1, 0.15) is 11.4 Å². The van der Waals surface area contributed by atoms with Gasteiger partial charge in [-0.2, -0.15) is 0 Å². The Hall–Kier alpha value is -2.30. The number of rotatable bonds is 6. The van der Waals surface area contributed by atoms with Gasteiger partial charge in [-0.3, -0.25) is 0 Å². The number of methoxy groups -OCH3 is 1. The average molecular weight is 320 g/mol. The number of hydrogen-bond donors (Lipinski definition) is 0. The molecule has 0 atom stereocenters. The van der Waals surface area contributed by atoms with Crippen molar-refractivity contribution in [3.63, 3.8) is 0 Å². The van der Waals surface area contributed by atoms with Crippen molar-refractivity contribution < 1.29 is 23.8 Å². The Kier molecular flexibility index (Phi) is 6.37. The van der Waals surface area contributed by atoms with Crippen LogP contribution in [0.4, 0.5) is 0 Å². The van der Waals surface area contributed by atoms with Crippen molar-refractivity contribution in [2.45, 2.75) is 39.7 Å². The Bertz CT molecular complexity index is 596. The molecule has 0 aliphatic carbocycles. The molecule has 5 nitrogen and oxygen atoms in total. The molecular formula is C18H24O5. The van der Waals surface area contributed by atoms with Gasteiger partial charge in [-0.1, -0.05) is 6.58 Å².